The van der Waals surface area contributed by atoms with Gasteiger partial charge in [-0.15, -0.1) is 0 Å². The molecular weight excluding hydrogens is 210 g/mol. The summed E-state index contributed by atoms with van der Waals surface area (Å²) < 4.78 is 0. The van der Waals surface area contributed by atoms with Crippen LogP contribution in [-0.4, -0.2) is 72.1 Å². The van der Waals surface area contributed by atoms with Crippen LogP contribution in [0.1, 0.15) is 6.42 Å². The Bertz CT molecular complexity index is 283. The predicted molar refractivity (Wildman–Crippen MR) is 56.7 cm³/mol. The van der Waals surface area contributed by atoms with Gasteiger partial charge in [0.05, 0.1) is 12.0 Å². The molecule has 2 aliphatic heterocycles. The summed E-state index contributed by atoms with van der Waals surface area (Å²) >= 11 is 0. The summed E-state index contributed by atoms with van der Waals surface area (Å²) in [5.74, 6) is -0.0189. The van der Waals surface area contributed by atoms with Crippen molar-refractivity contribution in [2.45, 2.75) is 12.0 Å². The Kier molecular flexibility index (Phi) is 3.11. The lowest BCUT2D eigenvalue weighted by molar-refractivity contribution is -0.141. The highest BCUT2D eigenvalue weighted by molar-refractivity contribution is 5.77. The van der Waals surface area contributed by atoms with Gasteiger partial charge < -0.3 is 20.2 Å². The van der Waals surface area contributed by atoms with E-state index in [0.29, 0.717) is 39.3 Å². The molecule has 0 aromatic rings. The summed E-state index contributed by atoms with van der Waals surface area (Å²) in [6.07, 6.45) is 0.992. The maximum Gasteiger partial charge on any atom is 0.225 e. The van der Waals surface area contributed by atoms with Gasteiger partial charge in [0.2, 0.25) is 12.3 Å². The summed E-state index contributed by atoms with van der Waals surface area (Å²) in [5, 5.41) is 12.8. The summed E-state index contributed by atoms with van der Waals surface area (Å²) in [7, 11) is 0. The maximum absolute atomic E-state index is 11.8. The van der Waals surface area contributed by atoms with Gasteiger partial charge in [-0.2, -0.15) is 0 Å². The Morgan fingerprint density at radius 1 is 1.31 bits per heavy atom. The molecule has 0 aliphatic carbocycles. The van der Waals surface area contributed by atoms with Gasteiger partial charge in [0.25, 0.3) is 0 Å². The zero-order valence-corrected chi connectivity index (χ0v) is 9.19. The van der Waals surface area contributed by atoms with Crippen LogP contribution in [0.2, 0.25) is 0 Å². The molecule has 2 rings (SSSR count). The SMILES string of the molecule is O=CN1CCN(C(=O)CC2(O)CNC2)CC1. The Hall–Kier alpha value is -1.14. The number of hydrogen-bond donors (Lipinski definition) is 2. The highest BCUT2D eigenvalue weighted by Crippen LogP contribution is 2.17. The molecule has 16 heavy (non-hydrogen) atoms. The third-order valence-electron chi connectivity index (χ3n) is 3.20. The van der Waals surface area contributed by atoms with E-state index < -0.39 is 5.60 Å². The Morgan fingerprint density at radius 3 is 2.38 bits per heavy atom. The minimum atomic E-state index is -0.848. The monoisotopic (exact) mass is 227 g/mol. The molecule has 2 N–H and O–H groups in total. The van der Waals surface area contributed by atoms with Gasteiger partial charge in [0.15, 0.2) is 0 Å². The second-order valence-electron chi connectivity index (χ2n) is 4.53. The van der Waals surface area contributed by atoms with Crippen molar-refractivity contribution < 1.29 is 14.7 Å². The van der Waals surface area contributed by atoms with Crippen LogP contribution in [0.25, 0.3) is 0 Å². The molecular formula is C10H17N3O3. The van der Waals surface area contributed by atoms with E-state index in [1.807, 2.05) is 0 Å². The minimum Gasteiger partial charge on any atom is -0.387 e. The molecule has 2 aliphatic rings. The van der Waals surface area contributed by atoms with Gasteiger partial charge in [-0.1, -0.05) is 0 Å². The van der Waals surface area contributed by atoms with Crippen molar-refractivity contribution in [1.82, 2.24) is 15.1 Å². The highest BCUT2D eigenvalue weighted by Gasteiger charge is 2.38. The molecule has 2 saturated heterocycles. The number of amides is 2. The maximum atomic E-state index is 11.8. The fourth-order valence-electron chi connectivity index (χ4n) is 2.01. The van der Waals surface area contributed by atoms with E-state index in [-0.39, 0.29) is 12.3 Å². The van der Waals surface area contributed by atoms with Crippen molar-refractivity contribution >= 4 is 12.3 Å². The lowest BCUT2D eigenvalue weighted by Gasteiger charge is -2.39. The molecule has 0 radical (unpaired) electrons. The Labute approximate surface area is 94.2 Å². The van der Waals surface area contributed by atoms with Crippen molar-refractivity contribution in [1.29, 1.82) is 0 Å². The number of piperazine rings is 1. The molecule has 90 valence electrons. The van der Waals surface area contributed by atoms with Gasteiger partial charge in [-0.3, -0.25) is 9.59 Å². The van der Waals surface area contributed by atoms with Crippen molar-refractivity contribution in [3.05, 3.63) is 0 Å². The number of carbonyl (C=O) groups is 2. The van der Waals surface area contributed by atoms with E-state index in [9.17, 15) is 14.7 Å². The number of β-amino-alcohol motifs (C(OH)–C–C–N with tert-alkyl or cyclic N) is 1. The molecule has 0 saturated carbocycles. The number of nitrogens with one attached hydrogen (secondary N) is 1. The van der Waals surface area contributed by atoms with Crippen molar-refractivity contribution in [3.8, 4) is 0 Å². The number of aliphatic hydroxyl groups is 1. The van der Waals surface area contributed by atoms with Crippen LogP contribution < -0.4 is 5.32 Å². The zero-order chi connectivity index (χ0) is 11.6. The van der Waals surface area contributed by atoms with Crippen LogP contribution in [0.4, 0.5) is 0 Å². The molecule has 0 atom stereocenters. The first kappa shape index (κ1) is 11.3. The first-order valence-electron chi connectivity index (χ1n) is 5.53. The summed E-state index contributed by atoms with van der Waals surface area (Å²) in [4.78, 5) is 25.7. The van der Waals surface area contributed by atoms with E-state index >= 15 is 0 Å². The van der Waals surface area contributed by atoms with Crippen LogP contribution in [0.3, 0.4) is 0 Å². The van der Waals surface area contributed by atoms with E-state index in [2.05, 4.69) is 5.32 Å². The van der Waals surface area contributed by atoms with E-state index in [1.165, 1.54) is 0 Å². The van der Waals surface area contributed by atoms with Crippen LogP contribution in [0.5, 0.6) is 0 Å². The number of rotatable bonds is 3. The van der Waals surface area contributed by atoms with E-state index in [4.69, 9.17) is 0 Å². The molecule has 0 spiro atoms. The fourth-order valence-corrected chi connectivity index (χ4v) is 2.01. The third-order valence-corrected chi connectivity index (χ3v) is 3.20. The molecule has 0 aromatic carbocycles. The Morgan fingerprint density at radius 2 is 1.94 bits per heavy atom. The largest absolute Gasteiger partial charge is 0.387 e. The quantitative estimate of drug-likeness (QED) is 0.548. The Balaban J connectivity index is 1.80. The molecule has 2 heterocycles. The fraction of sp³-hybridized carbons (Fsp3) is 0.800. The van der Waals surface area contributed by atoms with Gasteiger partial charge in [0, 0.05) is 39.3 Å². The predicted octanol–water partition coefficient (Wildman–Crippen LogP) is -1.99. The van der Waals surface area contributed by atoms with E-state index in [1.54, 1.807) is 9.80 Å². The molecule has 2 amide bonds. The van der Waals surface area contributed by atoms with Crippen LogP contribution in [-0.2, 0) is 9.59 Å². The zero-order valence-electron chi connectivity index (χ0n) is 9.19. The molecule has 0 unspecified atom stereocenters. The van der Waals surface area contributed by atoms with Gasteiger partial charge in [-0.05, 0) is 0 Å². The average Bonchev–Trinajstić information content (AvgIpc) is 2.27. The van der Waals surface area contributed by atoms with E-state index in [0.717, 1.165) is 6.41 Å². The molecule has 2 fully saturated rings. The van der Waals surface area contributed by atoms with Gasteiger partial charge in [0.1, 0.15) is 0 Å². The highest BCUT2D eigenvalue weighted by atomic mass is 16.3. The second-order valence-corrected chi connectivity index (χ2v) is 4.53. The lowest BCUT2D eigenvalue weighted by atomic mass is 9.92. The third kappa shape index (κ3) is 2.33. The first-order valence-corrected chi connectivity index (χ1v) is 5.53. The van der Waals surface area contributed by atoms with Crippen molar-refractivity contribution in [2.24, 2.45) is 0 Å². The minimum absolute atomic E-state index is 0.0189. The molecule has 6 nitrogen and oxygen atoms in total. The average molecular weight is 227 g/mol. The molecule has 0 bridgehead atoms. The molecule has 6 heteroatoms. The lowest BCUT2D eigenvalue weighted by Crippen LogP contribution is -2.62. The topological polar surface area (TPSA) is 72.9 Å². The van der Waals surface area contributed by atoms with Crippen LogP contribution in [0.15, 0.2) is 0 Å². The van der Waals surface area contributed by atoms with Crippen molar-refractivity contribution in [3.63, 3.8) is 0 Å². The van der Waals surface area contributed by atoms with Gasteiger partial charge in [-0.25, -0.2) is 0 Å². The summed E-state index contributed by atoms with van der Waals surface area (Å²) in [5.41, 5.74) is -0.848. The number of nitrogens with zero attached hydrogens (tertiary/aromatic N) is 2. The summed E-state index contributed by atoms with van der Waals surface area (Å²) in [6.45, 7) is 3.31. The first-order chi connectivity index (χ1) is 7.63. The van der Waals surface area contributed by atoms with Crippen molar-refractivity contribution in [2.75, 3.05) is 39.3 Å². The van der Waals surface area contributed by atoms with Crippen LogP contribution >= 0.6 is 0 Å². The molecule has 0 aromatic heterocycles. The number of hydrogen-bond acceptors (Lipinski definition) is 4. The standard InChI is InChI=1S/C10H17N3O3/c14-8-12-1-3-13(4-2-12)9(15)5-10(16)6-11-7-10/h8,11,16H,1-7H2. The smallest absolute Gasteiger partial charge is 0.225 e. The normalized spacial score (nSPS) is 23.8. The number of carbonyl (C=O) groups excluding carboxylic acids is 2. The van der Waals surface area contributed by atoms with Crippen LogP contribution in [0, 0.1) is 0 Å². The summed E-state index contributed by atoms with van der Waals surface area (Å²) in [6, 6.07) is 0. The van der Waals surface area contributed by atoms with Gasteiger partial charge >= 0.3 is 0 Å². The second kappa shape index (κ2) is 4.39.